The zero-order valence-electron chi connectivity index (χ0n) is 10.5. The average molecular weight is 232 g/mol. The summed E-state index contributed by atoms with van der Waals surface area (Å²) in [5, 5.41) is 13.0. The number of rotatable bonds is 0. The van der Waals surface area contributed by atoms with Crippen molar-refractivity contribution in [2.24, 2.45) is 0 Å². The number of benzene rings is 1. The van der Waals surface area contributed by atoms with E-state index in [9.17, 15) is 0 Å². The Bertz CT molecular complexity index is 484. The number of H-pyrrole nitrogens is 1. The van der Waals surface area contributed by atoms with Crippen molar-refractivity contribution in [1.29, 1.82) is 0 Å². The van der Waals surface area contributed by atoms with Crippen LogP contribution in [0.4, 0.5) is 0 Å². The first-order valence-corrected chi connectivity index (χ1v) is 6.11. The van der Waals surface area contributed by atoms with Gasteiger partial charge in [-0.1, -0.05) is 18.2 Å². The monoisotopic (exact) mass is 232 g/mol. The fourth-order valence-corrected chi connectivity index (χ4v) is 2.06. The summed E-state index contributed by atoms with van der Waals surface area (Å²) in [6, 6.07) is 8.38. The summed E-state index contributed by atoms with van der Waals surface area (Å²) < 4.78 is 0. The van der Waals surface area contributed by atoms with Crippen molar-refractivity contribution in [1.82, 2.24) is 10.3 Å². The molecule has 1 saturated heterocycles. The van der Waals surface area contributed by atoms with Crippen LogP contribution in [0, 0.1) is 13.8 Å². The van der Waals surface area contributed by atoms with Gasteiger partial charge in [-0.25, -0.2) is 0 Å². The second-order valence-electron chi connectivity index (χ2n) is 4.57. The molecule has 0 spiro atoms. The minimum Gasteiger partial charge on any atom is -0.392 e. The number of aryl methyl sites for hydroxylation is 2. The second-order valence-corrected chi connectivity index (χ2v) is 4.57. The van der Waals surface area contributed by atoms with Crippen molar-refractivity contribution in [3.05, 3.63) is 35.5 Å². The molecule has 1 fully saturated rings. The summed E-state index contributed by atoms with van der Waals surface area (Å²) in [7, 11) is 0. The summed E-state index contributed by atoms with van der Waals surface area (Å²) in [6.07, 6.45) is 0.866. The van der Waals surface area contributed by atoms with Crippen LogP contribution in [0.5, 0.6) is 0 Å². The molecule has 2 aromatic rings. The van der Waals surface area contributed by atoms with Crippen molar-refractivity contribution in [2.45, 2.75) is 26.4 Å². The third kappa shape index (κ3) is 2.87. The van der Waals surface area contributed by atoms with Crippen LogP contribution in [-0.4, -0.2) is 29.3 Å². The Balaban J connectivity index is 0.000000153. The number of hydrogen-bond acceptors (Lipinski definition) is 2. The summed E-state index contributed by atoms with van der Waals surface area (Å²) in [5.41, 5.74) is 3.87. The van der Waals surface area contributed by atoms with E-state index in [1.807, 2.05) is 0 Å². The highest BCUT2D eigenvalue weighted by molar-refractivity contribution is 5.84. The van der Waals surface area contributed by atoms with E-state index in [0.29, 0.717) is 0 Å². The summed E-state index contributed by atoms with van der Waals surface area (Å²) >= 11 is 0. The molecule has 0 amide bonds. The van der Waals surface area contributed by atoms with Gasteiger partial charge in [0, 0.05) is 23.1 Å². The topological polar surface area (TPSA) is 48.0 Å². The van der Waals surface area contributed by atoms with Gasteiger partial charge in [0.1, 0.15) is 0 Å². The molecule has 1 aliphatic rings. The SMILES string of the molecule is Cc1[nH]c2ccccc2c1C.OC1CCNC1. The number of β-amino-alcohol motifs (C(OH)–C–C–N with tert-alkyl or cyclic N) is 1. The normalized spacial score (nSPS) is 19.1. The zero-order valence-corrected chi connectivity index (χ0v) is 10.5. The van der Waals surface area contributed by atoms with E-state index in [1.54, 1.807) is 0 Å². The summed E-state index contributed by atoms with van der Waals surface area (Å²) in [5.74, 6) is 0. The number of aromatic amines is 1. The number of aromatic nitrogens is 1. The third-order valence-electron chi connectivity index (χ3n) is 3.25. The van der Waals surface area contributed by atoms with Gasteiger partial charge in [0.05, 0.1) is 6.10 Å². The molecule has 17 heavy (non-hydrogen) atoms. The summed E-state index contributed by atoms with van der Waals surface area (Å²) in [4.78, 5) is 3.33. The van der Waals surface area contributed by atoms with Gasteiger partial charge in [0.25, 0.3) is 0 Å². The van der Waals surface area contributed by atoms with Crippen LogP contribution in [0.2, 0.25) is 0 Å². The molecular weight excluding hydrogens is 212 g/mol. The average Bonchev–Trinajstić information content (AvgIpc) is 2.90. The van der Waals surface area contributed by atoms with Gasteiger partial charge in [-0.05, 0) is 38.4 Å². The first-order chi connectivity index (χ1) is 8.18. The van der Waals surface area contributed by atoms with Gasteiger partial charge in [0.2, 0.25) is 0 Å². The molecule has 1 unspecified atom stereocenters. The van der Waals surface area contributed by atoms with E-state index in [0.717, 1.165) is 19.5 Å². The van der Waals surface area contributed by atoms with Gasteiger partial charge in [0.15, 0.2) is 0 Å². The Hall–Kier alpha value is -1.32. The molecule has 1 atom stereocenters. The molecule has 1 aromatic heterocycles. The lowest BCUT2D eigenvalue weighted by Crippen LogP contribution is -2.11. The largest absolute Gasteiger partial charge is 0.392 e. The zero-order chi connectivity index (χ0) is 12.3. The minimum absolute atomic E-state index is 0.0648. The van der Waals surface area contributed by atoms with Crippen LogP contribution < -0.4 is 5.32 Å². The molecule has 0 aliphatic carbocycles. The van der Waals surface area contributed by atoms with Crippen LogP contribution in [0.25, 0.3) is 10.9 Å². The smallest absolute Gasteiger partial charge is 0.0676 e. The molecule has 2 heterocycles. The van der Waals surface area contributed by atoms with E-state index >= 15 is 0 Å². The lowest BCUT2D eigenvalue weighted by atomic mass is 10.2. The Morgan fingerprint density at radius 1 is 1.24 bits per heavy atom. The van der Waals surface area contributed by atoms with Crippen LogP contribution >= 0.6 is 0 Å². The molecule has 1 aliphatic heterocycles. The molecule has 92 valence electrons. The fraction of sp³-hybridized carbons (Fsp3) is 0.429. The van der Waals surface area contributed by atoms with Gasteiger partial charge >= 0.3 is 0 Å². The highest BCUT2D eigenvalue weighted by Crippen LogP contribution is 2.19. The number of aliphatic hydroxyl groups is 1. The van der Waals surface area contributed by atoms with Crippen LogP contribution in [-0.2, 0) is 0 Å². The van der Waals surface area contributed by atoms with Crippen molar-refractivity contribution in [3.8, 4) is 0 Å². The number of aliphatic hydroxyl groups excluding tert-OH is 1. The highest BCUT2D eigenvalue weighted by atomic mass is 16.3. The van der Waals surface area contributed by atoms with Crippen molar-refractivity contribution in [2.75, 3.05) is 13.1 Å². The molecule has 0 radical (unpaired) electrons. The maximum atomic E-state index is 8.67. The maximum Gasteiger partial charge on any atom is 0.0676 e. The Labute approximate surface area is 102 Å². The van der Waals surface area contributed by atoms with E-state index in [1.165, 1.54) is 22.2 Å². The molecular formula is C14H20N2O. The first kappa shape index (κ1) is 12.1. The molecule has 3 heteroatoms. The van der Waals surface area contributed by atoms with Gasteiger partial charge < -0.3 is 15.4 Å². The first-order valence-electron chi connectivity index (χ1n) is 6.11. The van der Waals surface area contributed by atoms with E-state index < -0.39 is 0 Å². The summed E-state index contributed by atoms with van der Waals surface area (Å²) in [6.45, 7) is 6.03. The fourth-order valence-electron chi connectivity index (χ4n) is 2.06. The van der Waals surface area contributed by atoms with E-state index in [4.69, 9.17) is 5.11 Å². The quantitative estimate of drug-likeness (QED) is 0.651. The second kappa shape index (κ2) is 5.34. The van der Waals surface area contributed by atoms with Crippen LogP contribution in [0.1, 0.15) is 17.7 Å². The minimum atomic E-state index is -0.0648. The van der Waals surface area contributed by atoms with Gasteiger partial charge in [-0.3, -0.25) is 0 Å². The lowest BCUT2D eigenvalue weighted by molar-refractivity contribution is 0.196. The predicted molar refractivity (Wildman–Crippen MR) is 71.3 cm³/mol. The highest BCUT2D eigenvalue weighted by Gasteiger charge is 2.08. The van der Waals surface area contributed by atoms with Crippen LogP contribution in [0.15, 0.2) is 24.3 Å². The Morgan fingerprint density at radius 3 is 2.53 bits per heavy atom. The third-order valence-corrected chi connectivity index (χ3v) is 3.25. The number of hydrogen-bond donors (Lipinski definition) is 3. The van der Waals surface area contributed by atoms with Gasteiger partial charge in [-0.15, -0.1) is 0 Å². The van der Waals surface area contributed by atoms with Crippen molar-refractivity contribution < 1.29 is 5.11 Å². The van der Waals surface area contributed by atoms with Gasteiger partial charge in [-0.2, -0.15) is 0 Å². The van der Waals surface area contributed by atoms with Crippen molar-refractivity contribution >= 4 is 10.9 Å². The number of fused-ring (bicyclic) bond motifs is 1. The number of nitrogens with one attached hydrogen (secondary N) is 2. The molecule has 0 bridgehead atoms. The maximum absolute atomic E-state index is 8.67. The van der Waals surface area contributed by atoms with Crippen molar-refractivity contribution in [3.63, 3.8) is 0 Å². The molecule has 3 rings (SSSR count). The Kier molecular flexibility index (Phi) is 3.82. The predicted octanol–water partition coefficient (Wildman–Crippen LogP) is 2.13. The Morgan fingerprint density at radius 2 is 2.00 bits per heavy atom. The van der Waals surface area contributed by atoms with E-state index in [-0.39, 0.29) is 6.10 Å². The molecule has 0 saturated carbocycles. The molecule has 3 nitrogen and oxygen atoms in total. The molecule has 3 N–H and O–H groups in total. The standard InChI is InChI=1S/C10H11N.C4H9NO/c1-7-8(2)11-10-6-4-3-5-9(7)10;6-4-1-2-5-3-4/h3-6,11H,1-2H3;4-6H,1-3H2. The van der Waals surface area contributed by atoms with Crippen LogP contribution in [0.3, 0.4) is 0 Å². The number of para-hydroxylation sites is 1. The lowest BCUT2D eigenvalue weighted by Gasteiger charge is -1.90. The molecule has 1 aromatic carbocycles. The van der Waals surface area contributed by atoms with E-state index in [2.05, 4.69) is 48.4 Å².